The van der Waals surface area contributed by atoms with Crippen molar-refractivity contribution in [3.05, 3.63) is 24.3 Å². The minimum absolute atomic E-state index is 0.00270. The standard InChI is InChI=1S/C63H121NO5/c1-3-5-7-9-11-13-15-17-18-29-32-35-39-43-47-51-55-61(66)60(59-65)64-62(67)56-52-48-44-40-36-33-30-27-25-23-21-19-20-22-24-26-28-31-34-38-42-46-50-54-58-69-63(68)57-53-49-45-41-37-16-14-12-10-8-6-4-2/h12,14,21,23,60-61,65-66H,3-11,13,15-20,22,24-59H2,1-2H3,(H,64,67)/b14-12-,23-21-. The van der Waals surface area contributed by atoms with Crippen LogP contribution in [0, 0.1) is 0 Å². The third kappa shape index (κ3) is 55.5. The molecule has 0 saturated heterocycles. The number of carbonyl (C=O) groups is 2. The molecule has 0 fully saturated rings. The molecule has 2 unspecified atom stereocenters. The van der Waals surface area contributed by atoms with E-state index >= 15 is 0 Å². The molecule has 0 bridgehead atoms. The fourth-order valence-corrected chi connectivity index (χ4v) is 9.69. The number of allylic oxidation sites excluding steroid dienone is 4. The first-order chi connectivity index (χ1) is 34.0. The quantitative estimate of drug-likeness (QED) is 0.0321. The van der Waals surface area contributed by atoms with Gasteiger partial charge in [0.2, 0.25) is 5.91 Å². The number of hydrogen-bond acceptors (Lipinski definition) is 5. The zero-order chi connectivity index (χ0) is 50.0. The molecule has 0 spiro atoms. The molecule has 0 radical (unpaired) electrons. The first kappa shape index (κ1) is 67.3. The molecule has 6 heteroatoms. The number of ether oxygens (including phenoxy) is 1. The fourth-order valence-electron chi connectivity index (χ4n) is 9.69. The van der Waals surface area contributed by atoms with Crippen molar-refractivity contribution >= 4 is 11.9 Å². The second-order valence-electron chi connectivity index (χ2n) is 21.4. The van der Waals surface area contributed by atoms with Gasteiger partial charge in [-0.1, -0.05) is 276 Å². The minimum Gasteiger partial charge on any atom is -0.466 e. The molecule has 0 aliphatic heterocycles. The van der Waals surface area contributed by atoms with Gasteiger partial charge in [-0.2, -0.15) is 0 Å². The highest BCUT2D eigenvalue weighted by molar-refractivity contribution is 5.76. The number of hydrogen-bond donors (Lipinski definition) is 3. The predicted octanol–water partition coefficient (Wildman–Crippen LogP) is 19.4. The van der Waals surface area contributed by atoms with E-state index in [4.69, 9.17) is 4.74 Å². The van der Waals surface area contributed by atoms with Gasteiger partial charge in [-0.15, -0.1) is 0 Å². The van der Waals surface area contributed by atoms with E-state index in [1.807, 2.05) is 0 Å². The van der Waals surface area contributed by atoms with Gasteiger partial charge in [0.1, 0.15) is 0 Å². The molecule has 0 saturated carbocycles. The highest BCUT2D eigenvalue weighted by Crippen LogP contribution is 2.18. The zero-order valence-corrected chi connectivity index (χ0v) is 46.6. The first-order valence-electron chi connectivity index (χ1n) is 31.1. The molecule has 0 aromatic rings. The summed E-state index contributed by atoms with van der Waals surface area (Å²) in [4.78, 5) is 24.5. The zero-order valence-electron chi connectivity index (χ0n) is 46.6. The molecule has 2 atom stereocenters. The maximum atomic E-state index is 12.5. The Morgan fingerprint density at radius 1 is 0.391 bits per heavy atom. The normalized spacial score (nSPS) is 12.7. The van der Waals surface area contributed by atoms with Crippen LogP contribution >= 0.6 is 0 Å². The average molecular weight is 973 g/mol. The molecule has 6 nitrogen and oxygen atoms in total. The lowest BCUT2D eigenvalue weighted by Gasteiger charge is -2.22. The van der Waals surface area contributed by atoms with E-state index in [9.17, 15) is 19.8 Å². The van der Waals surface area contributed by atoms with Crippen molar-refractivity contribution < 1.29 is 24.5 Å². The lowest BCUT2D eigenvalue weighted by Crippen LogP contribution is -2.45. The van der Waals surface area contributed by atoms with Crippen LogP contribution < -0.4 is 5.32 Å². The average Bonchev–Trinajstić information content (AvgIpc) is 3.35. The summed E-state index contributed by atoms with van der Waals surface area (Å²) >= 11 is 0. The maximum Gasteiger partial charge on any atom is 0.305 e. The Hall–Kier alpha value is -1.66. The Morgan fingerprint density at radius 3 is 1.06 bits per heavy atom. The van der Waals surface area contributed by atoms with E-state index in [2.05, 4.69) is 43.5 Å². The van der Waals surface area contributed by atoms with Crippen molar-refractivity contribution in [3.63, 3.8) is 0 Å². The van der Waals surface area contributed by atoms with Gasteiger partial charge in [-0.05, 0) is 77.0 Å². The van der Waals surface area contributed by atoms with Crippen LogP contribution in [-0.2, 0) is 14.3 Å². The van der Waals surface area contributed by atoms with E-state index in [0.29, 0.717) is 25.9 Å². The fraction of sp³-hybridized carbons (Fsp3) is 0.905. The molecule has 0 aliphatic carbocycles. The second kappa shape index (κ2) is 58.9. The van der Waals surface area contributed by atoms with Gasteiger partial charge in [0.15, 0.2) is 0 Å². The third-order valence-electron chi connectivity index (χ3n) is 14.5. The van der Waals surface area contributed by atoms with Crippen LogP contribution in [0.25, 0.3) is 0 Å². The summed E-state index contributed by atoms with van der Waals surface area (Å²) in [7, 11) is 0. The van der Waals surface area contributed by atoms with Crippen LogP contribution in [0.1, 0.15) is 341 Å². The summed E-state index contributed by atoms with van der Waals surface area (Å²) in [5, 5.41) is 23.3. The van der Waals surface area contributed by atoms with Crippen LogP contribution in [0.5, 0.6) is 0 Å². The Morgan fingerprint density at radius 2 is 0.681 bits per heavy atom. The van der Waals surface area contributed by atoms with E-state index in [0.717, 1.165) is 44.9 Å². The summed E-state index contributed by atoms with van der Waals surface area (Å²) in [5.74, 6) is -0.0347. The van der Waals surface area contributed by atoms with Crippen LogP contribution in [0.15, 0.2) is 24.3 Å². The number of unbranched alkanes of at least 4 members (excludes halogenated alkanes) is 43. The highest BCUT2D eigenvalue weighted by Gasteiger charge is 2.20. The number of carbonyl (C=O) groups excluding carboxylic acids is 2. The number of aliphatic hydroxyl groups is 2. The molecule has 1 amide bonds. The van der Waals surface area contributed by atoms with Crippen molar-refractivity contribution in [2.24, 2.45) is 0 Å². The van der Waals surface area contributed by atoms with Gasteiger partial charge >= 0.3 is 5.97 Å². The van der Waals surface area contributed by atoms with Gasteiger partial charge in [-0.25, -0.2) is 0 Å². The molecular weight excluding hydrogens is 851 g/mol. The molecule has 0 heterocycles. The summed E-state index contributed by atoms with van der Waals surface area (Å²) < 4.78 is 5.46. The molecular formula is C63H121NO5. The number of esters is 1. The van der Waals surface area contributed by atoms with Crippen LogP contribution in [-0.4, -0.2) is 47.4 Å². The molecule has 0 aromatic heterocycles. The highest BCUT2D eigenvalue weighted by atomic mass is 16.5. The van der Waals surface area contributed by atoms with Crippen molar-refractivity contribution in [1.82, 2.24) is 5.32 Å². The SMILES string of the molecule is CCCCC/C=C\CCCCCCCC(=O)OCCCCCCCCCCCCCC/C=C\CCCCCCCCCCC(=O)NC(CO)C(O)CCCCCCCCCCCCCCCCCC. The van der Waals surface area contributed by atoms with Gasteiger partial charge in [-0.3, -0.25) is 9.59 Å². The van der Waals surface area contributed by atoms with E-state index in [1.165, 1.54) is 263 Å². The Kier molecular flexibility index (Phi) is 57.5. The van der Waals surface area contributed by atoms with Crippen LogP contribution in [0.3, 0.4) is 0 Å². The second-order valence-corrected chi connectivity index (χ2v) is 21.4. The monoisotopic (exact) mass is 972 g/mol. The Labute approximate surface area is 431 Å². The summed E-state index contributed by atoms with van der Waals surface area (Å²) in [6, 6.07) is -0.544. The van der Waals surface area contributed by atoms with Gasteiger partial charge in [0.25, 0.3) is 0 Å². The number of amides is 1. The van der Waals surface area contributed by atoms with Crippen molar-refractivity contribution in [2.45, 2.75) is 353 Å². The van der Waals surface area contributed by atoms with Crippen LogP contribution in [0.2, 0.25) is 0 Å². The number of aliphatic hydroxyl groups excluding tert-OH is 2. The van der Waals surface area contributed by atoms with E-state index < -0.39 is 12.1 Å². The number of nitrogens with one attached hydrogen (secondary N) is 1. The minimum atomic E-state index is -0.667. The molecule has 408 valence electrons. The maximum absolute atomic E-state index is 12.5. The first-order valence-corrected chi connectivity index (χ1v) is 31.1. The van der Waals surface area contributed by atoms with Crippen molar-refractivity contribution in [1.29, 1.82) is 0 Å². The molecule has 0 rings (SSSR count). The lowest BCUT2D eigenvalue weighted by atomic mass is 10.0. The van der Waals surface area contributed by atoms with Gasteiger partial charge < -0.3 is 20.3 Å². The predicted molar refractivity (Wildman–Crippen MR) is 301 cm³/mol. The van der Waals surface area contributed by atoms with Gasteiger partial charge in [0, 0.05) is 12.8 Å². The summed E-state index contributed by atoms with van der Waals surface area (Å²) in [6.07, 6.45) is 71.9. The summed E-state index contributed by atoms with van der Waals surface area (Å²) in [6.45, 7) is 4.94. The van der Waals surface area contributed by atoms with Gasteiger partial charge in [0.05, 0.1) is 25.4 Å². The van der Waals surface area contributed by atoms with E-state index in [1.54, 1.807) is 0 Å². The largest absolute Gasteiger partial charge is 0.466 e. The smallest absolute Gasteiger partial charge is 0.305 e. The topological polar surface area (TPSA) is 95.9 Å². The van der Waals surface area contributed by atoms with Crippen molar-refractivity contribution in [3.8, 4) is 0 Å². The molecule has 0 aromatic carbocycles. The Balaban J connectivity index is 3.41. The van der Waals surface area contributed by atoms with Crippen molar-refractivity contribution in [2.75, 3.05) is 13.2 Å². The third-order valence-corrected chi connectivity index (χ3v) is 14.5. The molecule has 69 heavy (non-hydrogen) atoms. The summed E-state index contributed by atoms with van der Waals surface area (Å²) in [5.41, 5.74) is 0. The lowest BCUT2D eigenvalue weighted by molar-refractivity contribution is -0.143. The number of rotatable bonds is 58. The molecule has 3 N–H and O–H groups in total. The van der Waals surface area contributed by atoms with Crippen LogP contribution in [0.4, 0.5) is 0 Å². The Bertz CT molecular complexity index is 1080. The van der Waals surface area contributed by atoms with E-state index in [-0.39, 0.29) is 18.5 Å². The molecule has 0 aliphatic rings.